The van der Waals surface area contributed by atoms with Crippen LogP contribution in [0.3, 0.4) is 0 Å². The van der Waals surface area contributed by atoms with Crippen LogP contribution in [-0.2, 0) is 0 Å². The standard InChI is InChI=1S/C6H8N4O2/c1-4(8-9-6(7)11)5-2-3-12-10-5/h2-3H,1H3,(H3,7,9,11)/b8-4-. The summed E-state index contributed by atoms with van der Waals surface area (Å²) >= 11 is 0. The normalized spacial score (nSPS) is 11.2. The molecule has 1 aromatic heterocycles. The highest BCUT2D eigenvalue weighted by Crippen LogP contribution is 1.95. The summed E-state index contributed by atoms with van der Waals surface area (Å²) in [5.41, 5.74) is 7.96. The summed E-state index contributed by atoms with van der Waals surface area (Å²) in [4.78, 5) is 10.2. The van der Waals surface area contributed by atoms with Crippen molar-refractivity contribution in [1.82, 2.24) is 10.6 Å². The first kappa shape index (κ1) is 8.25. The predicted octanol–water partition coefficient (Wildman–Crippen LogP) is 0.0669. The fraction of sp³-hybridized carbons (Fsp3) is 0.167. The third-order valence-electron chi connectivity index (χ3n) is 1.14. The summed E-state index contributed by atoms with van der Waals surface area (Å²) in [7, 11) is 0. The minimum Gasteiger partial charge on any atom is -0.364 e. The number of primary amides is 1. The second-order valence-electron chi connectivity index (χ2n) is 2.06. The van der Waals surface area contributed by atoms with Gasteiger partial charge in [-0.05, 0) is 6.92 Å². The quantitative estimate of drug-likeness (QED) is 0.483. The molecule has 12 heavy (non-hydrogen) atoms. The van der Waals surface area contributed by atoms with Gasteiger partial charge in [0.2, 0.25) is 0 Å². The Hall–Kier alpha value is -1.85. The molecule has 0 fully saturated rings. The van der Waals surface area contributed by atoms with Crippen molar-refractivity contribution in [2.75, 3.05) is 0 Å². The summed E-state index contributed by atoms with van der Waals surface area (Å²) in [5, 5.41) is 7.23. The fourth-order valence-electron chi connectivity index (χ4n) is 0.595. The van der Waals surface area contributed by atoms with Gasteiger partial charge in [0.05, 0.1) is 5.71 Å². The molecule has 0 aliphatic heterocycles. The number of aromatic nitrogens is 1. The second-order valence-corrected chi connectivity index (χ2v) is 2.06. The third kappa shape index (κ3) is 2.08. The lowest BCUT2D eigenvalue weighted by molar-refractivity contribution is 0.249. The third-order valence-corrected chi connectivity index (χ3v) is 1.14. The van der Waals surface area contributed by atoms with E-state index in [1.54, 1.807) is 13.0 Å². The molecule has 3 N–H and O–H groups in total. The number of hydrazone groups is 1. The zero-order chi connectivity index (χ0) is 8.97. The average Bonchev–Trinajstić information content (AvgIpc) is 2.51. The van der Waals surface area contributed by atoms with Crippen molar-refractivity contribution >= 4 is 11.7 Å². The molecule has 0 atom stereocenters. The molecule has 1 rings (SSSR count). The lowest BCUT2D eigenvalue weighted by Gasteiger charge is -1.93. The SMILES string of the molecule is C/C(=N/NC(N)=O)c1ccon1. The number of carbonyl (C=O) groups is 1. The van der Waals surface area contributed by atoms with E-state index >= 15 is 0 Å². The molecule has 0 aliphatic rings. The Morgan fingerprint density at radius 3 is 3.08 bits per heavy atom. The summed E-state index contributed by atoms with van der Waals surface area (Å²) in [6.07, 6.45) is 1.42. The zero-order valence-corrected chi connectivity index (χ0v) is 6.44. The van der Waals surface area contributed by atoms with E-state index < -0.39 is 6.03 Å². The molecule has 0 saturated heterocycles. The molecule has 0 bridgehead atoms. The Morgan fingerprint density at radius 1 is 1.83 bits per heavy atom. The minimum absolute atomic E-state index is 0.530. The molecule has 0 unspecified atom stereocenters. The predicted molar refractivity (Wildman–Crippen MR) is 41.4 cm³/mol. The molecule has 6 nitrogen and oxygen atoms in total. The van der Waals surface area contributed by atoms with E-state index in [1.807, 2.05) is 0 Å². The van der Waals surface area contributed by atoms with E-state index in [9.17, 15) is 4.79 Å². The van der Waals surface area contributed by atoms with Crippen LogP contribution in [-0.4, -0.2) is 16.9 Å². The van der Waals surface area contributed by atoms with Gasteiger partial charge in [0.25, 0.3) is 0 Å². The van der Waals surface area contributed by atoms with Gasteiger partial charge < -0.3 is 10.3 Å². The topological polar surface area (TPSA) is 93.5 Å². The second kappa shape index (κ2) is 3.51. The Labute approximate surface area is 68.4 Å². The first-order valence-corrected chi connectivity index (χ1v) is 3.20. The summed E-state index contributed by atoms with van der Waals surface area (Å²) < 4.78 is 4.57. The largest absolute Gasteiger partial charge is 0.364 e. The fourth-order valence-corrected chi connectivity index (χ4v) is 0.595. The number of rotatable bonds is 2. The molecule has 0 aromatic carbocycles. The molecule has 0 aliphatic carbocycles. The van der Waals surface area contributed by atoms with E-state index in [1.165, 1.54) is 6.26 Å². The first-order valence-electron chi connectivity index (χ1n) is 3.20. The van der Waals surface area contributed by atoms with Crippen LogP contribution in [0.2, 0.25) is 0 Å². The van der Waals surface area contributed by atoms with Gasteiger partial charge in [0, 0.05) is 6.07 Å². The monoisotopic (exact) mass is 168 g/mol. The van der Waals surface area contributed by atoms with Crippen molar-refractivity contribution in [2.45, 2.75) is 6.92 Å². The molecule has 64 valence electrons. The summed E-state index contributed by atoms with van der Waals surface area (Å²) in [6.45, 7) is 1.67. The molecule has 6 heteroatoms. The van der Waals surface area contributed by atoms with Crippen LogP contribution >= 0.6 is 0 Å². The molecular formula is C6H8N4O2. The highest BCUT2D eigenvalue weighted by Gasteiger charge is 2.00. The van der Waals surface area contributed by atoms with Crippen LogP contribution in [0.1, 0.15) is 12.6 Å². The van der Waals surface area contributed by atoms with Gasteiger partial charge in [-0.15, -0.1) is 0 Å². The first-order chi connectivity index (χ1) is 5.70. The molecule has 0 radical (unpaired) electrons. The average molecular weight is 168 g/mol. The van der Waals surface area contributed by atoms with Crippen LogP contribution in [0.4, 0.5) is 4.79 Å². The van der Waals surface area contributed by atoms with Gasteiger partial charge >= 0.3 is 6.03 Å². The number of amides is 2. The van der Waals surface area contributed by atoms with Crippen LogP contribution in [0.15, 0.2) is 22.0 Å². The van der Waals surface area contributed by atoms with Crippen LogP contribution in [0.5, 0.6) is 0 Å². The van der Waals surface area contributed by atoms with E-state index in [0.717, 1.165) is 0 Å². The van der Waals surface area contributed by atoms with Gasteiger partial charge in [0.15, 0.2) is 0 Å². The summed E-state index contributed by atoms with van der Waals surface area (Å²) in [6, 6.07) is 0.916. The number of nitrogens with zero attached hydrogens (tertiary/aromatic N) is 2. The van der Waals surface area contributed by atoms with E-state index in [4.69, 9.17) is 5.73 Å². The highest BCUT2D eigenvalue weighted by atomic mass is 16.5. The zero-order valence-electron chi connectivity index (χ0n) is 6.44. The summed E-state index contributed by atoms with van der Waals surface area (Å²) in [5.74, 6) is 0. The maximum absolute atomic E-state index is 10.2. The number of nitrogens with one attached hydrogen (secondary N) is 1. The number of nitrogens with two attached hydrogens (primary N) is 1. The Bertz CT molecular complexity index is 291. The van der Waals surface area contributed by atoms with Crippen molar-refractivity contribution in [2.24, 2.45) is 10.8 Å². The van der Waals surface area contributed by atoms with Crippen molar-refractivity contribution < 1.29 is 9.32 Å². The van der Waals surface area contributed by atoms with E-state index in [2.05, 4.69) is 20.2 Å². The lowest BCUT2D eigenvalue weighted by Crippen LogP contribution is -2.25. The minimum atomic E-state index is -0.710. The van der Waals surface area contributed by atoms with Gasteiger partial charge in [-0.1, -0.05) is 5.16 Å². The molecular weight excluding hydrogens is 160 g/mol. The smallest absolute Gasteiger partial charge is 0.332 e. The van der Waals surface area contributed by atoms with Crippen LogP contribution in [0.25, 0.3) is 0 Å². The van der Waals surface area contributed by atoms with Gasteiger partial charge in [-0.2, -0.15) is 5.10 Å². The Morgan fingerprint density at radius 2 is 2.58 bits per heavy atom. The van der Waals surface area contributed by atoms with Gasteiger partial charge in [0.1, 0.15) is 12.0 Å². The van der Waals surface area contributed by atoms with Crippen molar-refractivity contribution in [1.29, 1.82) is 0 Å². The van der Waals surface area contributed by atoms with Crippen LogP contribution in [0, 0.1) is 0 Å². The van der Waals surface area contributed by atoms with Crippen molar-refractivity contribution in [3.05, 3.63) is 18.0 Å². The molecule has 2 amide bonds. The number of urea groups is 1. The maximum Gasteiger partial charge on any atom is 0.332 e. The molecule has 1 heterocycles. The molecule has 1 aromatic rings. The number of hydrogen-bond acceptors (Lipinski definition) is 4. The lowest BCUT2D eigenvalue weighted by atomic mass is 10.3. The van der Waals surface area contributed by atoms with Crippen molar-refractivity contribution in [3.8, 4) is 0 Å². The number of hydrogen-bond donors (Lipinski definition) is 2. The highest BCUT2D eigenvalue weighted by molar-refractivity contribution is 5.97. The Kier molecular flexibility index (Phi) is 2.42. The Balaban J connectivity index is 2.65. The van der Waals surface area contributed by atoms with Crippen molar-refractivity contribution in [3.63, 3.8) is 0 Å². The van der Waals surface area contributed by atoms with Crippen LogP contribution < -0.4 is 11.2 Å². The number of carbonyl (C=O) groups excluding carboxylic acids is 1. The van der Waals surface area contributed by atoms with E-state index in [0.29, 0.717) is 11.4 Å². The van der Waals surface area contributed by atoms with E-state index in [-0.39, 0.29) is 0 Å². The molecule has 0 saturated carbocycles. The van der Waals surface area contributed by atoms with Gasteiger partial charge in [-0.3, -0.25) is 0 Å². The maximum atomic E-state index is 10.2. The van der Waals surface area contributed by atoms with Gasteiger partial charge in [-0.25, -0.2) is 10.2 Å². The molecule has 0 spiro atoms.